The van der Waals surface area contributed by atoms with Crippen molar-refractivity contribution in [1.29, 1.82) is 0 Å². The third-order valence-electron chi connectivity index (χ3n) is 5.73. The van der Waals surface area contributed by atoms with Crippen molar-refractivity contribution in [2.75, 3.05) is 10.6 Å². The van der Waals surface area contributed by atoms with Gasteiger partial charge in [0.05, 0.1) is 5.56 Å². The number of aromatic carboxylic acids is 1. The molecule has 0 fully saturated rings. The molecule has 8 heteroatoms. The normalized spacial score (nSPS) is 10.9. The molecule has 1 heterocycles. The highest BCUT2D eigenvalue weighted by molar-refractivity contribution is 7.80. The second-order valence-electron chi connectivity index (χ2n) is 8.33. The fourth-order valence-corrected chi connectivity index (χ4v) is 4.42. The van der Waals surface area contributed by atoms with Crippen LogP contribution >= 0.6 is 12.2 Å². The average Bonchev–Trinajstić information content (AvgIpc) is 2.82. The summed E-state index contributed by atoms with van der Waals surface area (Å²) in [4.78, 5) is 24.3. The standard InChI is InChI=1S/C28H20N2O5S/c1-15-3-2-4-16(11-15)29-28(36)30-17-5-8-20(23(12-17)27(33)34)26-21-9-6-18(31)13-24(21)35-25-14-19(32)7-10-22(25)26/h2-14,31H,1H3,(H,33,34)(H2,29,30,36). The molecule has 7 nitrogen and oxygen atoms in total. The van der Waals surface area contributed by atoms with E-state index in [0.717, 1.165) is 11.3 Å². The zero-order valence-electron chi connectivity index (χ0n) is 19.0. The molecule has 0 saturated carbocycles. The quantitative estimate of drug-likeness (QED) is 0.175. The Balaban J connectivity index is 1.61. The summed E-state index contributed by atoms with van der Waals surface area (Å²) >= 11 is 5.41. The SMILES string of the molecule is Cc1cccc(NC(=S)Nc2ccc(-c3c4ccc(=O)cc-4oc4cc(O)ccc34)c(C(=O)O)c2)c1. The van der Waals surface area contributed by atoms with Crippen molar-refractivity contribution in [2.45, 2.75) is 6.92 Å². The Morgan fingerprint density at radius 2 is 1.64 bits per heavy atom. The highest BCUT2D eigenvalue weighted by atomic mass is 32.1. The molecule has 0 atom stereocenters. The van der Waals surface area contributed by atoms with Gasteiger partial charge in [0.1, 0.15) is 17.1 Å². The van der Waals surface area contributed by atoms with Crippen molar-refractivity contribution >= 4 is 45.6 Å². The van der Waals surface area contributed by atoms with Crippen LogP contribution in [-0.4, -0.2) is 21.3 Å². The van der Waals surface area contributed by atoms with Gasteiger partial charge in [0.2, 0.25) is 0 Å². The van der Waals surface area contributed by atoms with Gasteiger partial charge >= 0.3 is 5.97 Å². The van der Waals surface area contributed by atoms with E-state index >= 15 is 0 Å². The Kier molecular flexibility index (Phi) is 5.87. The van der Waals surface area contributed by atoms with E-state index in [0.29, 0.717) is 38.5 Å². The summed E-state index contributed by atoms with van der Waals surface area (Å²) in [5.74, 6) is -0.854. The molecular formula is C28H20N2O5S. The van der Waals surface area contributed by atoms with E-state index in [9.17, 15) is 19.8 Å². The lowest BCUT2D eigenvalue weighted by Crippen LogP contribution is -2.19. The molecule has 2 aliphatic rings. The third-order valence-corrected chi connectivity index (χ3v) is 5.93. The first-order valence-electron chi connectivity index (χ1n) is 11.0. The van der Waals surface area contributed by atoms with Crippen molar-refractivity contribution in [1.82, 2.24) is 0 Å². The molecule has 36 heavy (non-hydrogen) atoms. The van der Waals surface area contributed by atoms with Crippen molar-refractivity contribution in [3.63, 3.8) is 0 Å². The maximum atomic E-state index is 12.4. The molecule has 1 aliphatic heterocycles. The van der Waals surface area contributed by atoms with Crippen LogP contribution in [0.15, 0.2) is 88.1 Å². The number of phenolic OH excluding ortho intramolecular Hbond substituents is 1. The van der Waals surface area contributed by atoms with Gasteiger partial charge in [-0.1, -0.05) is 18.2 Å². The van der Waals surface area contributed by atoms with E-state index in [-0.39, 0.29) is 22.5 Å². The largest absolute Gasteiger partial charge is 0.508 e. The first kappa shape index (κ1) is 23.1. The minimum atomic E-state index is -1.13. The number of aryl methyl sites for hydroxylation is 1. The average molecular weight is 497 g/mol. The lowest BCUT2D eigenvalue weighted by atomic mass is 9.90. The molecule has 0 aromatic heterocycles. The summed E-state index contributed by atoms with van der Waals surface area (Å²) < 4.78 is 5.87. The second-order valence-corrected chi connectivity index (χ2v) is 8.74. The van der Waals surface area contributed by atoms with E-state index in [2.05, 4.69) is 10.6 Å². The summed E-state index contributed by atoms with van der Waals surface area (Å²) in [6, 6.07) is 21.6. The predicted molar refractivity (Wildman–Crippen MR) is 144 cm³/mol. The van der Waals surface area contributed by atoms with E-state index < -0.39 is 5.97 Å². The van der Waals surface area contributed by atoms with Crippen LogP contribution in [0.25, 0.3) is 33.4 Å². The van der Waals surface area contributed by atoms with Crippen LogP contribution in [-0.2, 0) is 0 Å². The molecule has 4 N–H and O–H groups in total. The molecule has 3 aromatic rings. The van der Waals surface area contributed by atoms with Crippen molar-refractivity contribution in [3.8, 4) is 28.2 Å². The summed E-state index contributed by atoms with van der Waals surface area (Å²) in [6.45, 7) is 1.98. The van der Waals surface area contributed by atoms with Crippen LogP contribution in [0.4, 0.5) is 11.4 Å². The molecule has 178 valence electrons. The molecule has 3 aromatic carbocycles. The predicted octanol–water partition coefficient (Wildman–Crippen LogP) is 6.09. The van der Waals surface area contributed by atoms with Gasteiger partial charge in [-0.25, -0.2) is 4.79 Å². The monoisotopic (exact) mass is 496 g/mol. The number of hydrogen-bond acceptors (Lipinski definition) is 5. The smallest absolute Gasteiger partial charge is 0.336 e. The number of carboxylic acids is 1. The van der Waals surface area contributed by atoms with Gasteiger partial charge in [-0.15, -0.1) is 0 Å². The Hall–Kier alpha value is -4.69. The van der Waals surface area contributed by atoms with Gasteiger partial charge in [0.25, 0.3) is 0 Å². The van der Waals surface area contributed by atoms with E-state index in [1.54, 1.807) is 24.3 Å². The minimum Gasteiger partial charge on any atom is -0.508 e. The molecule has 1 aliphatic carbocycles. The number of rotatable bonds is 4. The number of anilines is 2. The number of aromatic hydroxyl groups is 1. The van der Waals surface area contributed by atoms with Crippen LogP contribution in [0.1, 0.15) is 15.9 Å². The van der Waals surface area contributed by atoms with Crippen LogP contribution in [0, 0.1) is 6.92 Å². The van der Waals surface area contributed by atoms with E-state index in [1.165, 1.54) is 30.3 Å². The highest BCUT2D eigenvalue weighted by Gasteiger charge is 2.22. The summed E-state index contributed by atoms with van der Waals surface area (Å²) in [5, 5.41) is 27.1. The number of fused-ring (bicyclic) bond motifs is 2. The van der Waals surface area contributed by atoms with E-state index in [4.69, 9.17) is 16.6 Å². The molecule has 0 bridgehead atoms. The maximum absolute atomic E-state index is 12.4. The summed E-state index contributed by atoms with van der Waals surface area (Å²) in [5.41, 5.74) is 4.08. The third kappa shape index (κ3) is 4.49. The number of nitrogens with one attached hydrogen (secondary N) is 2. The number of carboxylic acid groups (broad SMARTS) is 1. The summed E-state index contributed by atoms with van der Waals surface area (Å²) in [7, 11) is 0. The summed E-state index contributed by atoms with van der Waals surface area (Å²) in [6.07, 6.45) is 0. The van der Waals surface area contributed by atoms with Crippen molar-refractivity contribution in [2.24, 2.45) is 0 Å². The fraction of sp³-hybridized carbons (Fsp3) is 0.0357. The number of hydrogen-bond donors (Lipinski definition) is 4. The molecule has 0 unspecified atom stereocenters. The zero-order valence-corrected chi connectivity index (χ0v) is 19.8. The Morgan fingerprint density at radius 3 is 2.39 bits per heavy atom. The zero-order chi connectivity index (χ0) is 25.4. The maximum Gasteiger partial charge on any atom is 0.336 e. The lowest BCUT2D eigenvalue weighted by Gasteiger charge is -2.18. The minimum absolute atomic E-state index is 0.0116. The molecule has 0 saturated heterocycles. The first-order chi connectivity index (χ1) is 17.3. The Bertz CT molecular complexity index is 1690. The highest BCUT2D eigenvalue weighted by Crippen LogP contribution is 2.42. The van der Waals surface area contributed by atoms with Gasteiger partial charge in [-0.05, 0) is 78.8 Å². The van der Waals surface area contributed by atoms with E-state index in [1.807, 2.05) is 31.2 Å². The Labute approximate surface area is 211 Å². The van der Waals surface area contributed by atoms with Crippen molar-refractivity contribution < 1.29 is 19.4 Å². The number of benzene rings is 4. The van der Waals surface area contributed by atoms with Crippen LogP contribution in [0.5, 0.6) is 5.75 Å². The van der Waals surface area contributed by atoms with Gasteiger partial charge in [-0.2, -0.15) is 0 Å². The number of phenols is 1. The van der Waals surface area contributed by atoms with Crippen LogP contribution in [0.3, 0.4) is 0 Å². The van der Waals surface area contributed by atoms with Crippen molar-refractivity contribution in [3.05, 3.63) is 100 Å². The lowest BCUT2D eigenvalue weighted by molar-refractivity contribution is 0.0697. The number of carbonyl (C=O) groups is 1. The van der Waals surface area contributed by atoms with Gasteiger partial charge in [0, 0.05) is 40.0 Å². The first-order valence-corrected chi connectivity index (χ1v) is 11.4. The van der Waals surface area contributed by atoms with Crippen LogP contribution < -0.4 is 16.1 Å². The molecule has 5 rings (SSSR count). The fourth-order valence-electron chi connectivity index (χ4n) is 4.18. The van der Waals surface area contributed by atoms with Gasteiger partial charge in [-0.3, -0.25) is 4.79 Å². The molecule has 0 amide bonds. The second kappa shape index (κ2) is 9.16. The number of thiocarbonyl (C=S) groups is 1. The topological polar surface area (TPSA) is 112 Å². The molecule has 0 spiro atoms. The Morgan fingerprint density at radius 1 is 0.889 bits per heavy atom. The van der Waals surface area contributed by atoms with Gasteiger partial charge in [0.15, 0.2) is 10.5 Å². The van der Waals surface area contributed by atoms with Gasteiger partial charge < -0.3 is 25.3 Å². The molecule has 0 radical (unpaired) electrons. The van der Waals surface area contributed by atoms with Crippen LogP contribution in [0.2, 0.25) is 0 Å². The molecular weight excluding hydrogens is 476 g/mol.